The Bertz CT molecular complexity index is 1070. The van der Waals surface area contributed by atoms with Crippen LogP contribution in [0.25, 0.3) is 11.4 Å². The Balaban J connectivity index is 1.51. The zero-order valence-electron chi connectivity index (χ0n) is 16.2. The van der Waals surface area contributed by atoms with Crippen molar-refractivity contribution in [1.29, 1.82) is 0 Å². The molecule has 3 N–H and O–H groups in total. The summed E-state index contributed by atoms with van der Waals surface area (Å²) >= 11 is 0. The van der Waals surface area contributed by atoms with Gasteiger partial charge in [-0.25, -0.2) is 4.98 Å². The number of hydrogen-bond acceptors (Lipinski definition) is 5. The molecule has 1 saturated heterocycles. The third-order valence-electron chi connectivity index (χ3n) is 5.45. The summed E-state index contributed by atoms with van der Waals surface area (Å²) in [7, 11) is 0. The van der Waals surface area contributed by atoms with Gasteiger partial charge in [-0.1, -0.05) is 30.3 Å². The van der Waals surface area contributed by atoms with E-state index in [1.807, 2.05) is 30.3 Å². The zero-order valence-corrected chi connectivity index (χ0v) is 16.2. The monoisotopic (exact) mass is 389 g/mol. The number of likely N-dealkylation sites (tertiary alicyclic amines) is 1. The fourth-order valence-corrected chi connectivity index (χ4v) is 3.81. The van der Waals surface area contributed by atoms with Gasteiger partial charge in [-0.3, -0.25) is 14.6 Å². The fourth-order valence-electron chi connectivity index (χ4n) is 3.81. The van der Waals surface area contributed by atoms with Gasteiger partial charge in [0, 0.05) is 54.3 Å². The number of carbonyl (C=O) groups excluding carboxylic acids is 1. The molecule has 0 unspecified atom stereocenters. The summed E-state index contributed by atoms with van der Waals surface area (Å²) in [5, 5.41) is 0. The van der Waals surface area contributed by atoms with Crippen LogP contribution >= 0.6 is 0 Å². The van der Waals surface area contributed by atoms with E-state index in [1.54, 1.807) is 36.4 Å². The van der Waals surface area contributed by atoms with Gasteiger partial charge in [0.1, 0.15) is 5.82 Å². The first kappa shape index (κ1) is 19.0. The summed E-state index contributed by atoms with van der Waals surface area (Å²) in [4.78, 5) is 38.5. The average Bonchev–Trinajstić information content (AvgIpc) is 3.13. The molecule has 3 heterocycles. The van der Waals surface area contributed by atoms with Crippen LogP contribution in [-0.4, -0.2) is 44.9 Å². The Morgan fingerprint density at radius 2 is 1.90 bits per heavy atom. The van der Waals surface area contributed by atoms with Gasteiger partial charge in [0.25, 0.3) is 5.56 Å². The number of nitrogens with two attached hydrogens (primary N) is 1. The van der Waals surface area contributed by atoms with E-state index >= 15 is 0 Å². The number of aryl methyl sites for hydroxylation is 1. The van der Waals surface area contributed by atoms with Crippen molar-refractivity contribution in [1.82, 2.24) is 19.9 Å². The molecular formula is C22H23N5O2. The predicted molar refractivity (Wildman–Crippen MR) is 110 cm³/mol. The van der Waals surface area contributed by atoms with Crippen LogP contribution in [0.4, 0.5) is 0 Å². The number of hydrogen-bond donors (Lipinski definition) is 2. The molecule has 1 aliphatic heterocycles. The van der Waals surface area contributed by atoms with Gasteiger partial charge in [0.15, 0.2) is 0 Å². The molecule has 1 aromatic carbocycles. The first-order chi connectivity index (χ1) is 14.0. The molecule has 148 valence electrons. The van der Waals surface area contributed by atoms with E-state index < -0.39 is 0 Å². The normalized spacial score (nSPS) is 18.8. The van der Waals surface area contributed by atoms with Crippen molar-refractivity contribution in [3.05, 3.63) is 82.0 Å². The average molecular weight is 389 g/mol. The highest BCUT2D eigenvalue weighted by atomic mass is 16.2. The van der Waals surface area contributed by atoms with Gasteiger partial charge in [0.05, 0.1) is 6.42 Å². The molecule has 0 saturated carbocycles. The maximum Gasteiger partial charge on any atom is 0.255 e. The number of rotatable bonds is 4. The lowest BCUT2D eigenvalue weighted by atomic mass is 9.95. The van der Waals surface area contributed by atoms with Crippen LogP contribution in [0.1, 0.15) is 22.7 Å². The van der Waals surface area contributed by atoms with Gasteiger partial charge in [0.2, 0.25) is 5.91 Å². The molecule has 1 amide bonds. The van der Waals surface area contributed by atoms with E-state index in [0.29, 0.717) is 30.2 Å². The number of carbonyl (C=O) groups is 1. The van der Waals surface area contributed by atoms with Gasteiger partial charge in [-0.05, 0) is 24.6 Å². The molecule has 7 heteroatoms. The fraction of sp³-hybridized carbons (Fsp3) is 0.273. The summed E-state index contributed by atoms with van der Waals surface area (Å²) in [6, 6.07) is 13.4. The van der Waals surface area contributed by atoms with E-state index in [2.05, 4.69) is 15.0 Å². The second-order valence-corrected chi connectivity index (χ2v) is 7.37. The molecule has 1 aliphatic rings. The van der Waals surface area contributed by atoms with Crippen molar-refractivity contribution in [2.75, 3.05) is 13.1 Å². The molecular weight excluding hydrogens is 366 g/mol. The van der Waals surface area contributed by atoms with E-state index in [9.17, 15) is 9.59 Å². The van der Waals surface area contributed by atoms with Gasteiger partial charge < -0.3 is 15.6 Å². The summed E-state index contributed by atoms with van der Waals surface area (Å²) in [5.74, 6) is 0.469. The SMILES string of the molecule is Cc1nc(-c2ccncc2)[nH]c(=O)c1CC(=O)N1C[C@@H](N)[C@H](c2ccccc2)C1. The predicted octanol–water partition coefficient (Wildman–Crippen LogP) is 1.64. The van der Waals surface area contributed by atoms with Crippen LogP contribution in [0.15, 0.2) is 59.7 Å². The number of aromatic nitrogens is 3. The molecule has 0 spiro atoms. The number of nitrogens with zero attached hydrogens (tertiary/aromatic N) is 3. The van der Waals surface area contributed by atoms with Crippen LogP contribution in [0, 0.1) is 6.92 Å². The standard InChI is InChI=1S/C22H23N5O2/c1-14-17(22(29)26-21(25-14)16-7-9-24-10-8-16)11-20(28)27-12-18(19(23)13-27)15-5-3-2-4-6-15/h2-10,18-19H,11-13,23H2,1H3,(H,25,26,29)/t18-,19+/m0/s1. The first-order valence-corrected chi connectivity index (χ1v) is 9.61. The first-order valence-electron chi connectivity index (χ1n) is 9.61. The lowest BCUT2D eigenvalue weighted by Gasteiger charge is -2.17. The molecule has 0 aliphatic carbocycles. The molecule has 2 atom stereocenters. The largest absolute Gasteiger partial charge is 0.340 e. The summed E-state index contributed by atoms with van der Waals surface area (Å²) in [6.07, 6.45) is 3.29. The maximum atomic E-state index is 12.9. The van der Waals surface area contributed by atoms with Crippen molar-refractivity contribution < 1.29 is 4.79 Å². The Labute approximate surface area is 168 Å². The molecule has 0 bridgehead atoms. The molecule has 0 radical (unpaired) electrons. The summed E-state index contributed by atoms with van der Waals surface area (Å²) in [5.41, 5.74) is 8.86. The van der Waals surface area contributed by atoms with Crippen molar-refractivity contribution in [3.8, 4) is 11.4 Å². The van der Waals surface area contributed by atoms with Crippen molar-refractivity contribution in [2.24, 2.45) is 5.73 Å². The number of H-pyrrole nitrogens is 1. The van der Waals surface area contributed by atoms with Crippen LogP contribution < -0.4 is 11.3 Å². The van der Waals surface area contributed by atoms with Crippen molar-refractivity contribution in [3.63, 3.8) is 0 Å². The Morgan fingerprint density at radius 1 is 1.17 bits per heavy atom. The lowest BCUT2D eigenvalue weighted by Crippen LogP contribution is -2.34. The number of aromatic amines is 1. The van der Waals surface area contributed by atoms with E-state index in [4.69, 9.17) is 5.73 Å². The molecule has 7 nitrogen and oxygen atoms in total. The van der Waals surface area contributed by atoms with E-state index in [0.717, 1.165) is 11.1 Å². The third kappa shape index (κ3) is 3.95. The van der Waals surface area contributed by atoms with Crippen LogP contribution in [0.2, 0.25) is 0 Å². The maximum absolute atomic E-state index is 12.9. The molecule has 2 aromatic heterocycles. The number of nitrogens with one attached hydrogen (secondary N) is 1. The number of benzene rings is 1. The molecule has 1 fully saturated rings. The number of pyridine rings is 1. The second kappa shape index (κ2) is 7.97. The Kier molecular flexibility index (Phi) is 5.22. The second-order valence-electron chi connectivity index (χ2n) is 7.37. The number of amides is 1. The van der Waals surface area contributed by atoms with Gasteiger partial charge in [-0.15, -0.1) is 0 Å². The van der Waals surface area contributed by atoms with Gasteiger partial charge in [-0.2, -0.15) is 0 Å². The lowest BCUT2D eigenvalue weighted by molar-refractivity contribution is -0.129. The zero-order chi connectivity index (χ0) is 20.4. The van der Waals surface area contributed by atoms with E-state index in [-0.39, 0.29) is 29.8 Å². The highest BCUT2D eigenvalue weighted by Crippen LogP contribution is 2.26. The highest BCUT2D eigenvalue weighted by Gasteiger charge is 2.34. The minimum absolute atomic E-state index is 0.0129. The highest BCUT2D eigenvalue weighted by molar-refractivity contribution is 5.79. The van der Waals surface area contributed by atoms with Crippen molar-refractivity contribution >= 4 is 5.91 Å². The minimum Gasteiger partial charge on any atom is -0.340 e. The molecule has 3 aromatic rings. The van der Waals surface area contributed by atoms with E-state index in [1.165, 1.54) is 0 Å². The summed E-state index contributed by atoms with van der Waals surface area (Å²) in [6.45, 7) is 2.80. The topological polar surface area (TPSA) is 105 Å². The van der Waals surface area contributed by atoms with Crippen LogP contribution in [0.3, 0.4) is 0 Å². The minimum atomic E-state index is -0.291. The molecule has 4 rings (SSSR count). The molecule has 29 heavy (non-hydrogen) atoms. The van der Waals surface area contributed by atoms with Crippen LogP contribution in [0.5, 0.6) is 0 Å². The quantitative estimate of drug-likeness (QED) is 0.706. The van der Waals surface area contributed by atoms with Gasteiger partial charge >= 0.3 is 0 Å². The van der Waals surface area contributed by atoms with Crippen molar-refractivity contribution in [2.45, 2.75) is 25.3 Å². The Morgan fingerprint density at radius 3 is 2.59 bits per heavy atom. The van der Waals surface area contributed by atoms with Crippen LogP contribution in [-0.2, 0) is 11.2 Å². The Hall–Kier alpha value is -3.32. The smallest absolute Gasteiger partial charge is 0.255 e. The third-order valence-corrected chi connectivity index (χ3v) is 5.45. The summed E-state index contributed by atoms with van der Waals surface area (Å²) < 4.78 is 0.